The monoisotopic (exact) mass is 414 g/mol. The molecule has 0 radical (unpaired) electrons. The van der Waals surface area contributed by atoms with Crippen LogP contribution in [0.4, 0.5) is 10.7 Å². The van der Waals surface area contributed by atoms with Gasteiger partial charge in [0.05, 0.1) is 17.0 Å². The summed E-state index contributed by atoms with van der Waals surface area (Å²) in [6.07, 6.45) is 0. The number of amides is 2. The van der Waals surface area contributed by atoms with E-state index in [1.807, 2.05) is 0 Å². The molecule has 2 rings (SSSR count). The molecule has 0 saturated heterocycles. The minimum atomic E-state index is -0.614. The van der Waals surface area contributed by atoms with Gasteiger partial charge < -0.3 is 15.4 Å². The molecule has 2 aromatic rings. The molecule has 0 atom stereocenters. The van der Waals surface area contributed by atoms with E-state index in [-0.39, 0.29) is 27.9 Å². The van der Waals surface area contributed by atoms with Crippen LogP contribution in [0.1, 0.15) is 32.5 Å². The summed E-state index contributed by atoms with van der Waals surface area (Å²) in [6.45, 7) is 3.46. The molecular formula is C17H16Cl2N2O4S. The Morgan fingerprint density at radius 3 is 2.38 bits per heavy atom. The first-order valence-electron chi connectivity index (χ1n) is 7.60. The summed E-state index contributed by atoms with van der Waals surface area (Å²) < 4.78 is 5.03. The normalized spacial score (nSPS) is 10.3. The maximum absolute atomic E-state index is 12.6. The molecule has 1 aromatic carbocycles. The Morgan fingerprint density at radius 2 is 1.81 bits per heavy atom. The highest BCUT2D eigenvalue weighted by atomic mass is 35.5. The number of hydrogen-bond donors (Lipinski definition) is 2. The Bertz CT molecular complexity index is 834. The van der Waals surface area contributed by atoms with Gasteiger partial charge >= 0.3 is 5.97 Å². The number of ether oxygens (including phenoxy) is 1. The van der Waals surface area contributed by atoms with Crippen LogP contribution < -0.4 is 10.6 Å². The number of carbonyl (C=O) groups is 3. The average molecular weight is 415 g/mol. The first kappa shape index (κ1) is 20.2. The lowest BCUT2D eigenvalue weighted by molar-refractivity contribution is -0.113. The summed E-state index contributed by atoms with van der Waals surface area (Å²) in [5.74, 6) is -1.78. The number of nitrogens with one attached hydrogen (secondary N) is 2. The number of thiophene rings is 1. The highest BCUT2D eigenvalue weighted by molar-refractivity contribution is 7.19. The number of esters is 1. The van der Waals surface area contributed by atoms with Crippen molar-refractivity contribution in [1.29, 1.82) is 0 Å². The molecule has 0 fully saturated rings. The minimum absolute atomic E-state index is 0.150. The highest BCUT2D eigenvalue weighted by Crippen LogP contribution is 2.34. The lowest BCUT2D eigenvalue weighted by Gasteiger charge is -2.06. The van der Waals surface area contributed by atoms with Crippen LogP contribution >= 0.6 is 34.5 Å². The summed E-state index contributed by atoms with van der Waals surface area (Å²) in [4.78, 5) is 36.7. The van der Waals surface area contributed by atoms with Crippen LogP contribution in [-0.4, -0.2) is 30.3 Å². The van der Waals surface area contributed by atoms with E-state index in [9.17, 15) is 14.4 Å². The highest BCUT2D eigenvalue weighted by Gasteiger charge is 2.26. The molecule has 6 nitrogen and oxygen atoms in total. The summed E-state index contributed by atoms with van der Waals surface area (Å²) in [6, 6.07) is 6.61. The molecular weight excluding hydrogens is 399 g/mol. The van der Waals surface area contributed by atoms with Gasteiger partial charge in [-0.25, -0.2) is 4.79 Å². The Labute approximate surface area is 164 Å². The van der Waals surface area contributed by atoms with Crippen molar-refractivity contribution in [1.82, 2.24) is 0 Å². The summed E-state index contributed by atoms with van der Waals surface area (Å²) in [7, 11) is 0. The Hall–Kier alpha value is -2.09. The SMILES string of the molecule is CCOC(=O)c1c(NC(=O)CCl)sc(C(=O)Nc2ccc(Cl)cc2)c1C. The molecule has 138 valence electrons. The van der Waals surface area contributed by atoms with Crippen LogP contribution in [0.5, 0.6) is 0 Å². The predicted molar refractivity (Wildman–Crippen MR) is 104 cm³/mol. The standard InChI is InChI=1S/C17H16Cl2N2O4S/c1-3-25-17(24)13-9(2)14(26-16(13)21-12(22)8-18)15(23)20-11-6-4-10(19)5-7-11/h4-7H,3,8H2,1-2H3,(H,20,23)(H,21,22). The molecule has 0 aliphatic rings. The van der Waals surface area contributed by atoms with Crippen LogP contribution in [0.3, 0.4) is 0 Å². The fourth-order valence-electron chi connectivity index (χ4n) is 2.15. The van der Waals surface area contributed by atoms with Crippen molar-refractivity contribution >= 4 is 63.0 Å². The zero-order valence-electron chi connectivity index (χ0n) is 14.0. The number of hydrogen-bond acceptors (Lipinski definition) is 5. The third kappa shape index (κ3) is 4.75. The minimum Gasteiger partial charge on any atom is -0.462 e. The van der Waals surface area contributed by atoms with Crippen LogP contribution in [0.25, 0.3) is 0 Å². The molecule has 0 bridgehead atoms. The van der Waals surface area contributed by atoms with E-state index in [1.54, 1.807) is 38.1 Å². The quantitative estimate of drug-likeness (QED) is 0.544. The average Bonchev–Trinajstić information content (AvgIpc) is 2.93. The molecule has 9 heteroatoms. The van der Waals surface area contributed by atoms with E-state index >= 15 is 0 Å². The lowest BCUT2D eigenvalue weighted by Crippen LogP contribution is -2.15. The molecule has 0 spiro atoms. The van der Waals surface area contributed by atoms with Crippen molar-refractivity contribution < 1.29 is 19.1 Å². The lowest BCUT2D eigenvalue weighted by atomic mass is 10.1. The van der Waals surface area contributed by atoms with E-state index in [0.29, 0.717) is 16.3 Å². The smallest absolute Gasteiger partial charge is 0.341 e. The fraction of sp³-hybridized carbons (Fsp3) is 0.235. The summed E-state index contributed by atoms with van der Waals surface area (Å²) in [5.41, 5.74) is 1.12. The second-order valence-corrected chi connectivity index (χ2v) is 6.85. The largest absolute Gasteiger partial charge is 0.462 e. The zero-order chi connectivity index (χ0) is 19.3. The number of carbonyl (C=O) groups excluding carboxylic acids is 3. The number of alkyl halides is 1. The van der Waals surface area contributed by atoms with Crippen LogP contribution in [0, 0.1) is 6.92 Å². The van der Waals surface area contributed by atoms with Gasteiger partial charge in [0.25, 0.3) is 5.91 Å². The van der Waals surface area contributed by atoms with E-state index in [4.69, 9.17) is 27.9 Å². The summed E-state index contributed by atoms with van der Waals surface area (Å²) in [5, 5.41) is 6.04. The van der Waals surface area contributed by atoms with E-state index in [1.165, 1.54) is 0 Å². The molecule has 0 aliphatic carbocycles. The summed E-state index contributed by atoms with van der Waals surface area (Å²) >= 11 is 12.3. The molecule has 26 heavy (non-hydrogen) atoms. The van der Waals surface area contributed by atoms with E-state index in [2.05, 4.69) is 10.6 Å². The molecule has 1 heterocycles. The van der Waals surface area contributed by atoms with Gasteiger partial charge in [-0.2, -0.15) is 0 Å². The molecule has 2 N–H and O–H groups in total. The fourth-order valence-corrected chi connectivity index (χ4v) is 3.45. The van der Waals surface area contributed by atoms with Gasteiger partial charge in [0, 0.05) is 10.7 Å². The van der Waals surface area contributed by atoms with Crippen molar-refractivity contribution in [2.45, 2.75) is 13.8 Å². The van der Waals surface area contributed by atoms with Crippen molar-refractivity contribution in [2.75, 3.05) is 23.1 Å². The van der Waals surface area contributed by atoms with Crippen LogP contribution in [0.2, 0.25) is 5.02 Å². The third-order valence-electron chi connectivity index (χ3n) is 3.31. The number of rotatable bonds is 6. The molecule has 0 aliphatic heterocycles. The van der Waals surface area contributed by atoms with Gasteiger partial charge in [-0.05, 0) is 43.7 Å². The van der Waals surface area contributed by atoms with Crippen LogP contribution in [0.15, 0.2) is 24.3 Å². The van der Waals surface area contributed by atoms with Gasteiger partial charge in [-0.1, -0.05) is 11.6 Å². The maximum atomic E-state index is 12.6. The van der Waals surface area contributed by atoms with Gasteiger partial charge in [0.2, 0.25) is 5.91 Å². The third-order valence-corrected chi connectivity index (χ3v) is 5.01. The second-order valence-electron chi connectivity index (χ2n) is 5.12. The van der Waals surface area contributed by atoms with Gasteiger partial charge in [0.1, 0.15) is 10.9 Å². The van der Waals surface area contributed by atoms with Gasteiger partial charge in [-0.3, -0.25) is 9.59 Å². The molecule has 2 amide bonds. The topological polar surface area (TPSA) is 84.5 Å². The molecule has 1 aromatic heterocycles. The Morgan fingerprint density at radius 1 is 1.15 bits per heavy atom. The predicted octanol–water partition coefficient (Wildman–Crippen LogP) is 4.32. The number of anilines is 2. The van der Waals surface area contributed by atoms with Crippen molar-refractivity contribution in [2.24, 2.45) is 0 Å². The van der Waals surface area contributed by atoms with Gasteiger partial charge in [0.15, 0.2) is 0 Å². The zero-order valence-corrected chi connectivity index (χ0v) is 16.3. The molecule has 0 saturated carbocycles. The molecule has 0 unspecified atom stereocenters. The van der Waals surface area contributed by atoms with Crippen LogP contribution in [-0.2, 0) is 9.53 Å². The Kier molecular flexibility index (Phi) is 7.02. The van der Waals surface area contributed by atoms with Crippen molar-refractivity contribution in [3.8, 4) is 0 Å². The van der Waals surface area contributed by atoms with Crippen molar-refractivity contribution in [3.63, 3.8) is 0 Å². The maximum Gasteiger partial charge on any atom is 0.341 e. The first-order valence-corrected chi connectivity index (χ1v) is 9.33. The second kappa shape index (κ2) is 9.02. The first-order chi connectivity index (χ1) is 12.4. The number of benzene rings is 1. The van der Waals surface area contributed by atoms with Gasteiger partial charge in [-0.15, -0.1) is 22.9 Å². The number of halogens is 2. The van der Waals surface area contributed by atoms with Crippen molar-refractivity contribution in [3.05, 3.63) is 45.3 Å². The van der Waals surface area contributed by atoms with E-state index in [0.717, 1.165) is 11.3 Å². The Balaban J connectivity index is 2.36. The van der Waals surface area contributed by atoms with E-state index < -0.39 is 17.8 Å².